The van der Waals surface area contributed by atoms with Crippen LogP contribution in [-0.4, -0.2) is 38.1 Å². The zero-order chi connectivity index (χ0) is 21.3. The molecule has 0 radical (unpaired) electrons. The number of aryl methyl sites for hydroxylation is 1. The first-order chi connectivity index (χ1) is 13.7. The van der Waals surface area contributed by atoms with E-state index in [1.165, 1.54) is 28.0 Å². The van der Waals surface area contributed by atoms with E-state index in [0.29, 0.717) is 17.0 Å². The summed E-state index contributed by atoms with van der Waals surface area (Å²) >= 11 is 4.68. The lowest BCUT2D eigenvalue weighted by atomic mass is 10.2. The van der Waals surface area contributed by atoms with E-state index >= 15 is 0 Å². The molecule has 0 fully saturated rings. The quantitative estimate of drug-likeness (QED) is 0.532. The number of fused-ring (bicyclic) bond motifs is 1. The molecule has 8 heteroatoms. The molecule has 5 nitrogen and oxygen atoms in total. The Morgan fingerprint density at radius 2 is 1.90 bits per heavy atom. The van der Waals surface area contributed by atoms with Crippen molar-refractivity contribution in [3.05, 3.63) is 38.6 Å². The van der Waals surface area contributed by atoms with Gasteiger partial charge in [-0.3, -0.25) is 9.59 Å². The Hall–Kier alpha value is -1.64. The first-order valence-corrected chi connectivity index (χ1v) is 12.4. The van der Waals surface area contributed by atoms with Crippen LogP contribution in [0.1, 0.15) is 45.3 Å². The van der Waals surface area contributed by atoms with E-state index in [4.69, 9.17) is 0 Å². The topological polar surface area (TPSA) is 66.1 Å². The monoisotopic (exact) mass is 449 g/mol. The smallest absolute Gasteiger partial charge is 0.260 e. The number of hydrogen-bond donors (Lipinski definition) is 1. The number of nitrogens with one attached hydrogen (secondary N) is 1. The Morgan fingerprint density at radius 3 is 2.48 bits per heavy atom. The number of thioether (sulfide) groups is 1. The Kier molecular flexibility index (Phi) is 6.86. The summed E-state index contributed by atoms with van der Waals surface area (Å²) in [7, 11) is 0. The maximum absolute atomic E-state index is 12.8. The average molecular weight is 450 g/mol. The van der Waals surface area contributed by atoms with Gasteiger partial charge in [-0.25, -0.2) is 4.98 Å². The number of rotatable bonds is 7. The molecule has 0 bridgehead atoms. The number of aromatic nitrogens is 2. The Morgan fingerprint density at radius 1 is 1.21 bits per heavy atom. The number of hydrogen-bond acceptors (Lipinski definition) is 6. The van der Waals surface area contributed by atoms with E-state index in [9.17, 15) is 9.59 Å². The van der Waals surface area contributed by atoms with Crippen LogP contribution in [0.15, 0.2) is 22.3 Å². The van der Waals surface area contributed by atoms with Crippen molar-refractivity contribution in [3.8, 4) is 10.4 Å². The zero-order valence-electron chi connectivity index (χ0n) is 17.6. The summed E-state index contributed by atoms with van der Waals surface area (Å²) in [6.07, 6.45) is 0. The Labute approximate surface area is 183 Å². The van der Waals surface area contributed by atoms with Crippen molar-refractivity contribution in [1.29, 1.82) is 0 Å². The van der Waals surface area contributed by atoms with Gasteiger partial charge in [-0.05, 0) is 53.7 Å². The van der Waals surface area contributed by atoms with Crippen molar-refractivity contribution in [2.45, 2.75) is 64.6 Å². The number of nitrogens with zero attached hydrogens (tertiary/aromatic N) is 2. The van der Waals surface area contributed by atoms with Crippen molar-refractivity contribution in [2.75, 3.05) is 0 Å². The van der Waals surface area contributed by atoms with Gasteiger partial charge in [0.05, 0.1) is 16.4 Å². The van der Waals surface area contributed by atoms with Crippen LogP contribution in [0.25, 0.3) is 20.7 Å². The molecule has 3 aromatic heterocycles. The fourth-order valence-corrected chi connectivity index (χ4v) is 6.14. The minimum Gasteiger partial charge on any atom is -0.337 e. The van der Waals surface area contributed by atoms with Crippen LogP contribution in [0.2, 0.25) is 0 Å². The largest absolute Gasteiger partial charge is 0.337 e. The molecule has 0 aliphatic heterocycles. The molecule has 0 saturated heterocycles. The number of carbonyl (C=O) groups excluding carboxylic acids is 1. The predicted molar refractivity (Wildman–Crippen MR) is 126 cm³/mol. The fraction of sp³-hybridized carbons (Fsp3) is 0.476. The molecule has 0 spiro atoms. The molecule has 1 unspecified atom stereocenters. The number of thiophene rings is 2. The maximum atomic E-state index is 12.8. The SMILES string of the molecule is Cc1ccc(-c2csc3nc(CSC(C)C(=O)N(C(C)C)C(C)C)[nH]c(=O)c23)s1. The predicted octanol–water partition coefficient (Wildman–Crippen LogP) is 5.29. The van der Waals surface area contributed by atoms with Crippen LogP contribution in [0.4, 0.5) is 0 Å². The van der Waals surface area contributed by atoms with Gasteiger partial charge in [0.1, 0.15) is 10.7 Å². The van der Waals surface area contributed by atoms with Crippen molar-refractivity contribution >= 4 is 50.6 Å². The summed E-state index contributed by atoms with van der Waals surface area (Å²) < 4.78 is 0. The molecule has 3 heterocycles. The third kappa shape index (κ3) is 4.75. The van der Waals surface area contributed by atoms with E-state index in [0.717, 1.165) is 15.3 Å². The molecule has 0 aliphatic carbocycles. The van der Waals surface area contributed by atoms with Crippen molar-refractivity contribution < 1.29 is 4.79 Å². The van der Waals surface area contributed by atoms with E-state index in [2.05, 4.69) is 23.0 Å². The highest BCUT2D eigenvalue weighted by Gasteiger charge is 2.25. The third-order valence-corrected chi connectivity index (χ3v) is 7.73. The average Bonchev–Trinajstić information content (AvgIpc) is 3.25. The van der Waals surface area contributed by atoms with Gasteiger partial charge in [0, 0.05) is 32.8 Å². The summed E-state index contributed by atoms with van der Waals surface area (Å²) in [5, 5.41) is 2.46. The minimum atomic E-state index is -0.200. The van der Waals surface area contributed by atoms with Gasteiger partial charge in [0.25, 0.3) is 5.56 Å². The molecule has 1 N–H and O–H groups in total. The van der Waals surface area contributed by atoms with Crippen LogP contribution in [-0.2, 0) is 10.5 Å². The summed E-state index contributed by atoms with van der Waals surface area (Å²) in [6, 6.07) is 4.43. The van der Waals surface area contributed by atoms with Gasteiger partial charge < -0.3 is 9.88 Å². The molecular weight excluding hydrogens is 422 g/mol. The number of amides is 1. The highest BCUT2D eigenvalue weighted by atomic mass is 32.2. The Balaban J connectivity index is 1.78. The van der Waals surface area contributed by atoms with Gasteiger partial charge >= 0.3 is 0 Å². The van der Waals surface area contributed by atoms with Gasteiger partial charge in [-0.2, -0.15) is 0 Å². The molecule has 1 atom stereocenters. The zero-order valence-corrected chi connectivity index (χ0v) is 20.1. The minimum absolute atomic E-state index is 0.113. The van der Waals surface area contributed by atoms with Gasteiger partial charge in [0.2, 0.25) is 5.91 Å². The second-order valence-electron chi connectivity index (χ2n) is 7.64. The molecule has 0 saturated carbocycles. The number of carbonyl (C=O) groups is 1. The molecule has 29 heavy (non-hydrogen) atoms. The molecule has 0 aliphatic rings. The molecule has 3 rings (SSSR count). The fourth-order valence-electron chi connectivity index (χ4n) is 3.41. The normalized spacial score (nSPS) is 12.8. The van der Waals surface area contributed by atoms with Crippen molar-refractivity contribution in [1.82, 2.24) is 14.9 Å². The lowest BCUT2D eigenvalue weighted by Gasteiger charge is -2.32. The summed E-state index contributed by atoms with van der Waals surface area (Å²) in [5.74, 6) is 1.23. The first-order valence-electron chi connectivity index (χ1n) is 9.70. The van der Waals surface area contributed by atoms with Crippen LogP contribution in [0.3, 0.4) is 0 Å². The molecule has 156 valence electrons. The van der Waals surface area contributed by atoms with E-state index < -0.39 is 0 Å². The van der Waals surface area contributed by atoms with Gasteiger partial charge in [-0.15, -0.1) is 34.4 Å². The van der Waals surface area contributed by atoms with Crippen LogP contribution < -0.4 is 5.56 Å². The van der Waals surface area contributed by atoms with Gasteiger partial charge in [0.15, 0.2) is 0 Å². The van der Waals surface area contributed by atoms with Crippen molar-refractivity contribution in [2.24, 2.45) is 0 Å². The van der Waals surface area contributed by atoms with Gasteiger partial charge in [-0.1, -0.05) is 0 Å². The lowest BCUT2D eigenvalue weighted by molar-refractivity contribution is -0.133. The molecule has 1 amide bonds. The second-order valence-corrected chi connectivity index (χ2v) is 11.1. The van der Waals surface area contributed by atoms with Crippen LogP contribution in [0.5, 0.6) is 0 Å². The maximum Gasteiger partial charge on any atom is 0.260 e. The highest BCUT2D eigenvalue weighted by Crippen LogP contribution is 2.35. The summed E-state index contributed by atoms with van der Waals surface area (Å²) in [5.41, 5.74) is 0.835. The molecular formula is C21H27N3O2S3. The second kappa shape index (κ2) is 9.02. The third-order valence-electron chi connectivity index (χ3n) is 4.68. The Bertz CT molecular complexity index is 1060. The summed E-state index contributed by atoms with van der Waals surface area (Å²) in [4.78, 5) is 38.1. The number of aromatic amines is 1. The standard InChI is InChI=1S/C21H27N3O2S3/c1-11(2)24(12(3)4)21(26)14(6)27-10-17-22-19(25)18-15(9-28-20(18)23-17)16-8-7-13(5)29-16/h7-9,11-12,14H,10H2,1-6H3,(H,22,23,25). The summed E-state index contributed by atoms with van der Waals surface area (Å²) in [6.45, 7) is 12.1. The van der Waals surface area contributed by atoms with Crippen LogP contribution >= 0.6 is 34.4 Å². The van der Waals surface area contributed by atoms with E-state index in [1.807, 2.05) is 51.0 Å². The lowest BCUT2D eigenvalue weighted by Crippen LogP contribution is -2.45. The van der Waals surface area contributed by atoms with E-state index in [-0.39, 0.29) is 28.8 Å². The molecule has 3 aromatic rings. The molecule has 0 aromatic carbocycles. The first kappa shape index (κ1) is 22.1. The van der Waals surface area contributed by atoms with E-state index in [1.54, 1.807) is 11.3 Å². The van der Waals surface area contributed by atoms with Crippen LogP contribution in [0, 0.1) is 6.92 Å². The van der Waals surface area contributed by atoms with Crippen molar-refractivity contribution in [3.63, 3.8) is 0 Å². The number of H-pyrrole nitrogens is 1. The highest BCUT2D eigenvalue weighted by molar-refractivity contribution is 7.99.